The van der Waals surface area contributed by atoms with Crippen molar-refractivity contribution in [3.63, 3.8) is 0 Å². The minimum absolute atomic E-state index is 0.0806. The van der Waals surface area contributed by atoms with Crippen LogP contribution in [0.1, 0.15) is 43.4 Å². The highest BCUT2D eigenvalue weighted by Crippen LogP contribution is 2.29. The molecule has 0 bridgehead atoms. The monoisotopic (exact) mass is 518 g/mol. The molecule has 4 rings (SSSR count). The summed E-state index contributed by atoms with van der Waals surface area (Å²) in [4.78, 5) is 11.6. The molecule has 6 nitrogen and oxygen atoms in total. The summed E-state index contributed by atoms with van der Waals surface area (Å²) in [5.41, 5.74) is 3.25. The number of carbonyl (C=O) groups is 1. The number of ketones is 1. The Kier molecular flexibility index (Phi) is 11.0. The van der Waals surface area contributed by atoms with E-state index >= 15 is 0 Å². The molecule has 3 aromatic carbocycles. The molecule has 0 N–H and O–H groups in total. The zero-order chi connectivity index (χ0) is 26.6. The first kappa shape index (κ1) is 28.1. The van der Waals surface area contributed by atoms with Crippen LogP contribution in [0.2, 0.25) is 0 Å². The van der Waals surface area contributed by atoms with E-state index in [2.05, 4.69) is 0 Å². The first-order valence-corrected chi connectivity index (χ1v) is 13.3. The SMILES string of the molecule is CC(=O)C[C@@H](C)O[C@@H]1C[C@@H](OCc2ccccc2)[C@H](OCc2ccccc2)[C@@H](COCc2ccccc2)O1. The van der Waals surface area contributed by atoms with E-state index in [1.807, 2.05) is 97.9 Å². The zero-order valence-corrected chi connectivity index (χ0v) is 22.2. The third kappa shape index (κ3) is 9.15. The second-order valence-electron chi connectivity index (χ2n) is 9.79. The van der Waals surface area contributed by atoms with E-state index in [-0.39, 0.29) is 24.1 Å². The van der Waals surface area contributed by atoms with Gasteiger partial charge in [0.05, 0.1) is 38.6 Å². The Morgan fingerprint density at radius 1 is 0.816 bits per heavy atom. The van der Waals surface area contributed by atoms with Gasteiger partial charge >= 0.3 is 0 Å². The average Bonchev–Trinajstić information content (AvgIpc) is 2.92. The third-order valence-electron chi connectivity index (χ3n) is 6.43. The molecule has 1 heterocycles. The smallest absolute Gasteiger partial charge is 0.161 e. The van der Waals surface area contributed by atoms with E-state index < -0.39 is 12.4 Å². The highest BCUT2D eigenvalue weighted by molar-refractivity contribution is 5.75. The molecule has 0 aliphatic carbocycles. The molecule has 0 saturated carbocycles. The van der Waals surface area contributed by atoms with Crippen LogP contribution in [-0.2, 0) is 48.3 Å². The van der Waals surface area contributed by atoms with Crippen LogP contribution in [0, 0.1) is 0 Å². The van der Waals surface area contributed by atoms with E-state index in [1.54, 1.807) is 6.92 Å². The second-order valence-corrected chi connectivity index (χ2v) is 9.79. The molecule has 0 unspecified atom stereocenters. The van der Waals surface area contributed by atoms with Crippen molar-refractivity contribution in [3.8, 4) is 0 Å². The fraction of sp³-hybridized carbons (Fsp3) is 0.406. The van der Waals surface area contributed by atoms with Crippen LogP contribution >= 0.6 is 0 Å². The van der Waals surface area contributed by atoms with Gasteiger partial charge in [-0.25, -0.2) is 0 Å². The number of benzene rings is 3. The zero-order valence-electron chi connectivity index (χ0n) is 22.2. The largest absolute Gasteiger partial charge is 0.374 e. The van der Waals surface area contributed by atoms with Crippen molar-refractivity contribution >= 4 is 5.78 Å². The van der Waals surface area contributed by atoms with Crippen molar-refractivity contribution < 1.29 is 28.5 Å². The molecular weight excluding hydrogens is 480 g/mol. The lowest BCUT2D eigenvalue weighted by molar-refractivity contribution is -0.286. The van der Waals surface area contributed by atoms with E-state index in [0.717, 1.165) is 16.7 Å². The van der Waals surface area contributed by atoms with Crippen molar-refractivity contribution in [3.05, 3.63) is 108 Å². The Hall–Kier alpha value is -2.87. The summed E-state index contributed by atoms with van der Waals surface area (Å²) >= 11 is 0. The maximum Gasteiger partial charge on any atom is 0.161 e. The number of carbonyl (C=O) groups excluding carboxylic acids is 1. The lowest BCUT2D eigenvalue weighted by atomic mass is 10.0. The molecule has 38 heavy (non-hydrogen) atoms. The molecule has 0 amide bonds. The Morgan fingerprint density at radius 3 is 1.89 bits per heavy atom. The summed E-state index contributed by atoms with van der Waals surface area (Å²) in [7, 11) is 0. The van der Waals surface area contributed by atoms with Crippen LogP contribution in [0.5, 0.6) is 0 Å². The van der Waals surface area contributed by atoms with Crippen LogP contribution in [0.25, 0.3) is 0 Å². The van der Waals surface area contributed by atoms with Crippen LogP contribution in [0.3, 0.4) is 0 Å². The Morgan fingerprint density at radius 2 is 1.34 bits per heavy atom. The summed E-state index contributed by atoms with van der Waals surface area (Å²) in [6.45, 7) is 5.13. The average molecular weight is 519 g/mol. The van der Waals surface area contributed by atoms with E-state index in [4.69, 9.17) is 23.7 Å². The van der Waals surface area contributed by atoms with Gasteiger partial charge in [0.15, 0.2) is 6.29 Å². The highest BCUT2D eigenvalue weighted by Gasteiger charge is 2.41. The molecule has 202 valence electrons. The summed E-state index contributed by atoms with van der Waals surface area (Å²) in [5, 5.41) is 0. The first-order chi connectivity index (χ1) is 18.6. The van der Waals surface area contributed by atoms with E-state index in [0.29, 0.717) is 39.3 Å². The summed E-state index contributed by atoms with van der Waals surface area (Å²) in [6, 6.07) is 30.2. The number of Topliss-reactive ketones (excluding diaryl/α,β-unsaturated/α-hetero) is 1. The molecule has 1 saturated heterocycles. The normalized spacial score (nSPS) is 22.2. The van der Waals surface area contributed by atoms with E-state index in [1.165, 1.54) is 0 Å². The summed E-state index contributed by atoms with van der Waals surface area (Å²) in [6.07, 6.45) is -1.04. The number of rotatable bonds is 14. The van der Waals surface area contributed by atoms with Crippen molar-refractivity contribution in [2.45, 2.75) is 77.2 Å². The lowest BCUT2D eigenvalue weighted by Gasteiger charge is -2.42. The fourth-order valence-corrected chi connectivity index (χ4v) is 4.61. The lowest BCUT2D eigenvalue weighted by Crippen LogP contribution is -2.53. The van der Waals surface area contributed by atoms with E-state index in [9.17, 15) is 4.79 Å². The third-order valence-corrected chi connectivity index (χ3v) is 6.43. The quantitative estimate of drug-likeness (QED) is 0.266. The van der Waals surface area contributed by atoms with Gasteiger partial charge < -0.3 is 23.7 Å². The minimum atomic E-state index is -0.535. The number of hydrogen-bond donors (Lipinski definition) is 0. The van der Waals surface area contributed by atoms with Crippen molar-refractivity contribution in [2.24, 2.45) is 0 Å². The maximum atomic E-state index is 11.6. The molecular formula is C32H38O6. The maximum absolute atomic E-state index is 11.6. The molecule has 0 spiro atoms. The molecule has 3 aromatic rings. The van der Waals surface area contributed by atoms with Crippen LogP contribution < -0.4 is 0 Å². The Labute approximate surface area is 225 Å². The van der Waals surface area contributed by atoms with Gasteiger partial charge in [-0.3, -0.25) is 4.79 Å². The molecule has 1 aliphatic heterocycles. The van der Waals surface area contributed by atoms with Crippen LogP contribution in [0.15, 0.2) is 91.0 Å². The van der Waals surface area contributed by atoms with Gasteiger partial charge in [0.2, 0.25) is 0 Å². The standard InChI is InChI=1S/C32H38O6/c1-24(33)18-25(2)37-31-19-29(35-21-27-14-8-4-9-15-27)32(36-22-28-16-10-5-11-17-28)30(38-31)23-34-20-26-12-6-3-7-13-26/h3-17,25,29-32H,18-23H2,1-2H3/t25-,29-,30-,31+,32+/m1/s1. The summed E-state index contributed by atoms with van der Waals surface area (Å²) in [5.74, 6) is 0.0806. The van der Waals surface area contributed by atoms with Crippen LogP contribution in [-0.4, -0.2) is 43.1 Å². The minimum Gasteiger partial charge on any atom is -0.374 e. The van der Waals surface area contributed by atoms with Crippen molar-refractivity contribution in [1.29, 1.82) is 0 Å². The molecule has 0 radical (unpaired) electrons. The Bertz CT molecular complexity index is 1070. The predicted octanol–water partition coefficient (Wildman–Crippen LogP) is 5.87. The molecule has 1 fully saturated rings. The highest BCUT2D eigenvalue weighted by atomic mass is 16.7. The van der Waals surface area contributed by atoms with Gasteiger partial charge in [0, 0.05) is 12.8 Å². The second kappa shape index (κ2) is 14.9. The molecule has 0 aromatic heterocycles. The molecule has 6 heteroatoms. The Balaban J connectivity index is 1.49. The van der Waals surface area contributed by atoms with Gasteiger partial charge in [0.1, 0.15) is 18.0 Å². The topological polar surface area (TPSA) is 63.2 Å². The number of hydrogen-bond acceptors (Lipinski definition) is 6. The predicted molar refractivity (Wildman–Crippen MR) is 145 cm³/mol. The van der Waals surface area contributed by atoms with Gasteiger partial charge in [-0.1, -0.05) is 91.0 Å². The van der Waals surface area contributed by atoms with Gasteiger partial charge in [-0.15, -0.1) is 0 Å². The first-order valence-electron chi connectivity index (χ1n) is 13.3. The van der Waals surface area contributed by atoms with Gasteiger partial charge in [0.25, 0.3) is 0 Å². The molecule has 5 atom stereocenters. The van der Waals surface area contributed by atoms with Crippen molar-refractivity contribution in [2.75, 3.05) is 6.61 Å². The molecule has 1 aliphatic rings. The van der Waals surface area contributed by atoms with Crippen molar-refractivity contribution in [1.82, 2.24) is 0 Å². The van der Waals surface area contributed by atoms with Gasteiger partial charge in [-0.05, 0) is 30.5 Å². The van der Waals surface area contributed by atoms with Gasteiger partial charge in [-0.2, -0.15) is 0 Å². The summed E-state index contributed by atoms with van der Waals surface area (Å²) < 4.78 is 31.6. The number of ether oxygens (including phenoxy) is 5. The van der Waals surface area contributed by atoms with Crippen LogP contribution in [0.4, 0.5) is 0 Å². The fourth-order valence-electron chi connectivity index (χ4n) is 4.61.